The van der Waals surface area contributed by atoms with Crippen LogP contribution in [0.5, 0.6) is 5.75 Å². The molecule has 0 saturated heterocycles. The number of nitrogens with one attached hydrogen (secondary N) is 2. The summed E-state index contributed by atoms with van der Waals surface area (Å²) in [7, 11) is 0. The standard InChI is InChI=1S/C14H18N2O3/c1-4-8(2)13(17)15-10-5-6-12-11(7-10)16-14(18)9(3)19-12/h5-9H,4H2,1-3H3,(H,15,17)(H,16,18)/t8-,9+/m1/s1. The van der Waals surface area contributed by atoms with Crippen LogP contribution >= 0.6 is 0 Å². The molecule has 1 aliphatic rings. The van der Waals surface area contributed by atoms with Crippen LogP contribution in [0, 0.1) is 5.92 Å². The normalized spacial score (nSPS) is 18.9. The topological polar surface area (TPSA) is 67.4 Å². The first-order valence-corrected chi connectivity index (χ1v) is 6.43. The first kappa shape index (κ1) is 13.4. The van der Waals surface area contributed by atoms with Crippen molar-refractivity contribution in [3.63, 3.8) is 0 Å². The van der Waals surface area contributed by atoms with Gasteiger partial charge in [-0.3, -0.25) is 9.59 Å². The SMILES string of the molecule is CC[C@@H](C)C(=O)Nc1ccc2c(c1)NC(=O)[C@H](C)O2. The predicted molar refractivity (Wildman–Crippen MR) is 73.2 cm³/mol. The lowest BCUT2D eigenvalue weighted by atomic mass is 10.1. The molecule has 0 bridgehead atoms. The number of fused-ring (bicyclic) bond motifs is 1. The lowest BCUT2D eigenvalue weighted by molar-refractivity contribution is -0.122. The number of carbonyl (C=O) groups is 2. The van der Waals surface area contributed by atoms with Gasteiger partial charge < -0.3 is 15.4 Å². The summed E-state index contributed by atoms with van der Waals surface area (Å²) in [6.07, 6.45) is 0.293. The summed E-state index contributed by atoms with van der Waals surface area (Å²) in [5.41, 5.74) is 1.24. The fourth-order valence-electron chi connectivity index (χ4n) is 1.74. The highest BCUT2D eigenvalue weighted by Crippen LogP contribution is 2.32. The highest BCUT2D eigenvalue weighted by molar-refractivity contribution is 5.99. The fourth-order valence-corrected chi connectivity index (χ4v) is 1.74. The van der Waals surface area contributed by atoms with Gasteiger partial charge in [-0.15, -0.1) is 0 Å². The third kappa shape index (κ3) is 2.86. The molecule has 0 spiro atoms. The van der Waals surface area contributed by atoms with Crippen LogP contribution in [-0.2, 0) is 9.59 Å². The summed E-state index contributed by atoms with van der Waals surface area (Å²) in [6, 6.07) is 5.22. The molecule has 1 aliphatic heterocycles. The molecule has 0 saturated carbocycles. The van der Waals surface area contributed by atoms with Crippen LogP contribution in [0.25, 0.3) is 0 Å². The van der Waals surface area contributed by atoms with Gasteiger partial charge in [0.2, 0.25) is 5.91 Å². The first-order valence-electron chi connectivity index (χ1n) is 6.43. The molecule has 2 rings (SSSR count). The van der Waals surface area contributed by atoms with Crippen molar-refractivity contribution in [2.75, 3.05) is 10.6 Å². The van der Waals surface area contributed by atoms with Crippen LogP contribution in [0.2, 0.25) is 0 Å². The Morgan fingerprint density at radius 3 is 2.95 bits per heavy atom. The Morgan fingerprint density at radius 2 is 2.26 bits per heavy atom. The van der Waals surface area contributed by atoms with E-state index in [2.05, 4.69) is 10.6 Å². The molecule has 0 aromatic heterocycles. The highest BCUT2D eigenvalue weighted by atomic mass is 16.5. The van der Waals surface area contributed by atoms with Gasteiger partial charge in [0.15, 0.2) is 6.10 Å². The molecule has 5 nitrogen and oxygen atoms in total. The van der Waals surface area contributed by atoms with Gasteiger partial charge in [0.05, 0.1) is 5.69 Å². The number of hydrogen-bond acceptors (Lipinski definition) is 3. The van der Waals surface area contributed by atoms with E-state index in [-0.39, 0.29) is 17.7 Å². The average Bonchev–Trinajstić information content (AvgIpc) is 2.39. The molecule has 0 radical (unpaired) electrons. The first-order chi connectivity index (χ1) is 9.01. The monoisotopic (exact) mass is 262 g/mol. The zero-order chi connectivity index (χ0) is 14.0. The highest BCUT2D eigenvalue weighted by Gasteiger charge is 2.23. The predicted octanol–water partition coefficient (Wildman–Crippen LogP) is 2.39. The van der Waals surface area contributed by atoms with Gasteiger partial charge in [-0.05, 0) is 31.5 Å². The van der Waals surface area contributed by atoms with Gasteiger partial charge in [-0.25, -0.2) is 0 Å². The number of amides is 2. The second-order valence-electron chi connectivity index (χ2n) is 4.76. The maximum absolute atomic E-state index is 11.8. The maximum atomic E-state index is 11.8. The number of hydrogen-bond donors (Lipinski definition) is 2. The average molecular weight is 262 g/mol. The van der Waals surface area contributed by atoms with Crippen LogP contribution in [0.4, 0.5) is 11.4 Å². The molecule has 2 amide bonds. The van der Waals surface area contributed by atoms with Gasteiger partial charge in [-0.1, -0.05) is 13.8 Å². The number of benzene rings is 1. The van der Waals surface area contributed by atoms with Crippen molar-refractivity contribution in [2.45, 2.75) is 33.3 Å². The number of rotatable bonds is 3. The quantitative estimate of drug-likeness (QED) is 0.879. The van der Waals surface area contributed by atoms with Gasteiger partial charge in [0, 0.05) is 11.6 Å². The molecule has 0 aliphatic carbocycles. The van der Waals surface area contributed by atoms with Crippen molar-refractivity contribution in [1.82, 2.24) is 0 Å². The molecule has 1 aromatic carbocycles. The lowest BCUT2D eigenvalue weighted by Gasteiger charge is -2.23. The molecule has 1 heterocycles. The molecule has 0 fully saturated rings. The Morgan fingerprint density at radius 1 is 1.53 bits per heavy atom. The van der Waals surface area contributed by atoms with E-state index >= 15 is 0 Å². The fraction of sp³-hybridized carbons (Fsp3) is 0.429. The van der Waals surface area contributed by atoms with E-state index in [4.69, 9.17) is 4.74 Å². The van der Waals surface area contributed by atoms with Crippen molar-refractivity contribution in [3.8, 4) is 5.75 Å². The Kier molecular flexibility index (Phi) is 3.74. The number of anilines is 2. The zero-order valence-electron chi connectivity index (χ0n) is 11.3. The van der Waals surface area contributed by atoms with Gasteiger partial charge >= 0.3 is 0 Å². The van der Waals surface area contributed by atoms with Crippen LogP contribution in [0.3, 0.4) is 0 Å². The van der Waals surface area contributed by atoms with Crippen molar-refractivity contribution < 1.29 is 14.3 Å². The van der Waals surface area contributed by atoms with Crippen LogP contribution in [0.1, 0.15) is 27.2 Å². The Balaban J connectivity index is 2.15. The summed E-state index contributed by atoms with van der Waals surface area (Å²) >= 11 is 0. The number of ether oxygens (including phenoxy) is 1. The minimum absolute atomic E-state index is 0.0288. The Labute approximate surface area is 112 Å². The van der Waals surface area contributed by atoms with Crippen LogP contribution in [0.15, 0.2) is 18.2 Å². The summed E-state index contributed by atoms with van der Waals surface area (Å²) < 4.78 is 5.45. The maximum Gasteiger partial charge on any atom is 0.265 e. The smallest absolute Gasteiger partial charge is 0.265 e. The minimum Gasteiger partial charge on any atom is -0.479 e. The van der Waals surface area contributed by atoms with Crippen molar-refractivity contribution in [2.24, 2.45) is 5.92 Å². The van der Waals surface area contributed by atoms with Crippen LogP contribution in [-0.4, -0.2) is 17.9 Å². The van der Waals surface area contributed by atoms with E-state index in [0.29, 0.717) is 17.1 Å². The summed E-state index contributed by atoms with van der Waals surface area (Å²) in [5.74, 6) is 0.368. The second-order valence-corrected chi connectivity index (χ2v) is 4.76. The van der Waals surface area contributed by atoms with Crippen LogP contribution < -0.4 is 15.4 Å². The summed E-state index contributed by atoms with van der Waals surface area (Å²) in [4.78, 5) is 23.3. The van der Waals surface area contributed by atoms with Crippen molar-refractivity contribution >= 4 is 23.2 Å². The number of carbonyl (C=O) groups excluding carboxylic acids is 2. The van der Waals surface area contributed by atoms with E-state index in [9.17, 15) is 9.59 Å². The van der Waals surface area contributed by atoms with E-state index in [0.717, 1.165) is 6.42 Å². The largest absolute Gasteiger partial charge is 0.479 e. The van der Waals surface area contributed by atoms with E-state index < -0.39 is 6.10 Å². The molecule has 19 heavy (non-hydrogen) atoms. The molecule has 2 N–H and O–H groups in total. The van der Waals surface area contributed by atoms with Gasteiger partial charge in [0.1, 0.15) is 5.75 Å². The zero-order valence-corrected chi connectivity index (χ0v) is 11.3. The summed E-state index contributed by atoms with van der Waals surface area (Å²) in [6.45, 7) is 5.53. The third-order valence-electron chi connectivity index (χ3n) is 3.24. The second kappa shape index (κ2) is 5.30. The molecule has 1 aromatic rings. The molecule has 5 heteroatoms. The molecular weight excluding hydrogens is 244 g/mol. The molecule has 102 valence electrons. The Bertz CT molecular complexity index is 513. The third-order valence-corrected chi connectivity index (χ3v) is 3.24. The van der Waals surface area contributed by atoms with E-state index in [1.54, 1.807) is 25.1 Å². The van der Waals surface area contributed by atoms with Gasteiger partial charge in [-0.2, -0.15) is 0 Å². The molecule has 2 atom stereocenters. The molecule has 0 unspecified atom stereocenters. The Hall–Kier alpha value is -2.04. The van der Waals surface area contributed by atoms with Crippen molar-refractivity contribution in [3.05, 3.63) is 18.2 Å². The van der Waals surface area contributed by atoms with E-state index in [1.807, 2.05) is 13.8 Å². The molecular formula is C14H18N2O3. The lowest BCUT2D eigenvalue weighted by Crippen LogP contribution is -2.34. The minimum atomic E-state index is -0.493. The summed E-state index contributed by atoms with van der Waals surface area (Å²) in [5, 5.41) is 5.57. The van der Waals surface area contributed by atoms with E-state index in [1.165, 1.54) is 0 Å². The van der Waals surface area contributed by atoms with Gasteiger partial charge in [0.25, 0.3) is 5.91 Å². The van der Waals surface area contributed by atoms with Crippen molar-refractivity contribution in [1.29, 1.82) is 0 Å².